The van der Waals surface area contributed by atoms with Crippen LogP contribution in [0.25, 0.3) is 10.2 Å². The molecule has 2 aromatic heterocycles. The highest BCUT2D eigenvalue weighted by molar-refractivity contribution is 7.17. The fourth-order valence-corrected chi connectivity index (χ4v) is 3.04. The molecule has 0 radical (unpaired) electrons. The van der Waals surface area contributed by atoms with Gasteiger partial charge >= 0.3 is 0 Å². The first-order valence-corrected chi connectivity index (χ1v) is 6.93. The lowest BCUT2D eigenvalue weighted by Gasteiger charge is -2.11. The van der Waals surface area contributed by atoms with E-state index in [0.717, 1.165) is 15.8 Å². The van der Waals surface area contributed by atoms with E-state index in [4.69, 9.17) is 11.6 Å². The second-order valence-corrected chi connectivity index (χ2v) is 5.58. The van der Waals surface area contributed by atoms with Gasteiger partial charge in [-0.15, -0.1) is 11.3 Å². The number of halogens is 1. The molecule has 2 heterocycles. The molecular weight excluding hydrogens is 282 g/mol. The zero-order valence-corrected chi connectivity index (χ0v) is 11.4. The summed E-state index contributed by atoms with van der Waals surface area (Å²) in [6.45, 7) is 0.487. The van der Waals surface area contributed by atoms with Crippen molar-refractivity contribution in [2.24, 2.45) is 0 Å². The lowest BCUT2D eigenvalue weighted by molar-refractivity contribution is -0.255. The predicted octanol–water partition coefficient (Wildman–Crippen LogP) is 2.77. The summed E-state index contributed by atoms with van der Waals surface area (Å²) in [5.74, 6) is -1.16. The molecule has 1 aromatic carbocycles. The van der Waals surface area contributed by atoms with Crippen molar-refractivity contribution in [1.82, 2.24) is 4.57 Å². The third kappa shape index (κ3) is 2.25. The van der Waals surface area contributed by atoms with Crippen molar-refractivity contribution in [2.45, 2.75) is 6.54 Å². The lowest BCUT2D eigenvalue weighted by Crippen LogP contribution is -2.25. The maximum atomic E-state index is 11.2. The van der Waals surface area contributed by atoms with Crippen molar-refractivity contribution >= 4 is 39.1 Å². The Morgan fingerprint density at radius 3 is 2.68 bits per heavy atom. The molecule has 0 atom stereocenters. The summed E-state index contributed by atoms with van der Waals surface area (Å²) < 4.78 is 2.71. The molecule has 0 saturated heterocycles. The summed E-state index contributed by atoms with van der Waals surface area (Å²) in [4.78, 5) is 11.2. The molecule has 0 amide bonds. The number of carbonyl (C=O) groups excluding carboxylic acids is 1. The second-order valence-electron chi connectivity index (χ2n) is 4.20. The molecule has 0 aliphatic heterocycles. The Bertz CT molecular complexity index is 742. The Labute approximate surface area is 118 Å². The summed E-state index contributed by atoms with van der Waals surface area (Å²) in [5.41, 5.74) is 2.12. The average Bonchev–Trinajstić information content (AvgIpc) is 2.94. The smallest absolute Gasteiger partial charge is 0.0880 e. The van der Waals surface area contributed by atoms with Crippen LogP contribution in [0.15, 0.2) is 41.8 Å². The fourth-order valence-electron chi connectivity index (χ4n) is 2.09. The van der Waals surface area contributed by atoms with Crippen LogP contribution < -0.4 is 5.11 Å². The van der Waals surface area contributed by atoms with Gasteiger partial charge in [-0.25, -0.2) is 0 Å². The Balaban J connectivity index is 2.07. The molecule has 0 aliphatic carbocycles. The third-order valence-corrected chi connectivity index (χ3v) is 4.09. The topological polar surface area (TPSA) is 45.1 Å². The molecule has 0 spiro atoms. The molecule has 5 heteroatoms. The van der Waals surface area contributed by atoms with Crippen molar-refractivity contribution < 1.29 is 9.90 Å². The van der Waals surface area contributed by atoms with Gasteiger partial charge in [0, 0.05) is 11.6 Å². The maximum absolute atomic E-state index is 11.2. The first-order chi connectivity index (χ1) is 9.15. The Kier molecular flexibility index (Phi) is 3.05. The predicted molar refractivity (Wildman–Crippen MR) is 74.7 cm³/mol. The molecular formula is C14H9ClNO2S-. The normalized spacial score (nSPS) is 11.0. The number of benzene rings is 1. The average molecular weight is 291 g/mol. The number of hydrogen-bond acceptors (Lipinski definition) is 3. The second kappa shape index (κ2) is 4.72. The van der Waals surface area contributed by atoms with Gasteiger partial charge in [0.25, 0.3) is 0 Å². The van der Waals surface area contributed by atoms with Gasteiger partial charge in [-0.1, -0.05) is 23.7 Å². The van der Waals surface area contributed by atoms with Gasteiger partial charge in [-0.2, -0.15) is 0 Å². The van der Waals surface area contributed by atoms with E-state index in [1.807, 2.05) is 23.6 Å². The minimum Gasteiger partial charge on any atom is -0.543 e. The highest BCUT2D eigenvalue weighted by atomic mass is 35.5. The Morgan fingerprint density at radius 2 is 2.00 bits per heavy atom. The molecule has 0 bridgehead atoms. The highest BCUT2D eigenvalue weighted by Crippen LogP contribution is 2.26. The van der Waals surface area contributed by atoms with Crippen LogP contribution in [-0.4, -0.2) is 10.5 Å². The van der Waals surface area contributed by atoms with Crippen molar-refractivity contribution in [2.75, 3.05) is 0 Å². The van der Waals surface area contributed by atoms with Gasteiger partial charge in [-0.05, 0) is 35.2 Å². The summed E-state index contributed by atoms with van der Waals surface area (Å²) >= 11 is 7.36. The van der Waals surface area contributed by atoms with E-state index < -0.39 is 5.97 Å². The first kappa shape index (κ1) is 12.3. The number of thiophene rings is 1. The number of carboxylic acids is 1. The summed E-state index contributed by atoms with van der Waals surface area (Å²) in [6.07, 6.45) is 0. The zero-order valence-electron chi connectivity index (χ0n) is 9.80. The van der Waals surface area contributed by atoms with Crippen molar-refractivity contribution in [3.05, 3.63) is 58.1 Å². The number of carbonyl (C=O) groups is 1. The van der Waals surface area contributed by atoms with E-state index in [2.05, 4.69) is 0 Å². The third-order valence-electron chi connectivity index (χ3n) is 2.99. The minimum atomic E-state index is -1.16. The van der Waals surface area contributed by atoms with Crippen LogP contribution in [0.3, 0.4) is 0 Å². The van der Waals surface area contributed by atoms with E-state index in [-0.39, 0.29) is 5.69 Å². The van der Waals surface area contributed by atoms with E-state index in [1.54, 1.807) is 22.8 Å². The Hall–Kier alpha value is -1.78. The first-order valence-electron chi connectivity index (χ1n) is 5.67. The number of carboxylic acid groups (broad SMARTS) is 1. The van der Waals surface area contributed by atoms with Crippen molar-refractivity contribution in [3.63, 3.8) is 0 Å². The fraction of sp³-hybridized carbons (Fsp3) is 0.0714. The summed E-state index contributed by atoms with van der Waals surface area (Å²) in [5, 5.41) is 13.8. The lowest BCUT2D eigenvalue weighted by atomic mass is 10.2. The standard InChI is InChI=1S/C14H10ClNO2S/c15-10-3-1-9(2-4-10)8-16-11-5-6-19-13(11)7-12(16)14(17)18/h1-7H,8H2,(H,17,18)/p-1. The van der Waals surface area contributed by atoms with Crippen LogP contribution in [0.2, 0.25) is 5.02 Å². The van der Waals surface area contributed by atoms with Gasteiger partial charge in [0.15, 0.2) is 0 Å². The molecule has 0 aliphatic rings. The molecule has 0 unspecified atom stereocenters. The monoisotopic (exact) mass is 290 g/mol. The van der Waals surface area contributed by atoms with E-state index in [9.17, 15) is 9.90 Å². The molecule has 3 rings (SSSR count). The number of aromatic nitrogens is 1. The molecule has 0 fully saturated rings. The molecule has 96 valence electrons. The SMILES string of the molecule is O=C([O-])c1cc2sccc2n1Cc1ccc(Cl)cc1. The van der Waals surface area contributed by atoms with Crippen molar-refractivity contribution in [3.8, 4) is 0 Å². The molecule has 0 N–H and O–H groups in total. The number of fused-ring (bicyclic) bond motifs is 1. The largest absolute Gasteiger partial charge is 0.543 e. The maximum Gasteiger partial charge on any atom is 0.0880 e. The van der Waals surface area contributed by atoms with Crippen LogP contribution in [0.5, 0.6) is 0 Å². The molecule has 3 nitrogen and oxygen atoms in total. The number of aromatic carboxylic acids is 1. The van der Waals surface area contributed by atoms with Crippen LogP contribution >= 0.6 is 22.9 Å². The quantitative estimate of drug-likeness (QED) is 0.744. The van der Waals surface area contributed by atoms with E-state index >= 15 is 0 Å². The van der Waals surface area contributed by atoms with Gasteiger partial charge in [-0.3, -0.25) is 0 Å². The zero-order chi connectivity index (χ0) is 13.4. The number of hydrogen-bond donors (Lipinski definition) is 0. The van der Waals surface area contributed by atoms with Gasteiger partial charge in [0.2, 0.25) is 0 Å². The van der Waals surface area contributed by atoms with Gasteiger partial charge in [0.05, 0.1) is 21.9 Å². The summed E-state index contributed by atoms with van der Waals surface area (Å²) in [7, 11) is 0. The summed E-state index contributed by atoms with van der Waals surface area (Å²) in [6, 6.07) is 10.9. The van der Waals surface area contributed by atoms with Crippen LogP contribution in [0, 0.1) is 0 Å². The van der Waals surface area contributed by atoms with Crippen LogP contribution in [-0.2, 0) is 6.54 Å². The Morgan fingerprint density at radius 1 is 1.26 bits per heavy atom. The number of nitrogens with zero attached hydrogens (tertiary/aromatic N) is 1. The van der Waals surface area contributed by atoms with E-state index in [1.165, 1.54) is 11.3 Å². The van der Waals surface area contributed by atoms with Crippen LogP contribution in [0.4, 0.5) is 0 Å². The molecule has 3 aromatic rings. The van der Waals surface area contributed by atoms with Gasteiger partial charge in [0.1, 0.15) is 0 Å². The van der Waals surface area contributed by atoms with Crippen LogP contribution in [0.1, 0.15) is 16.1 Å². The van der Waals surface area contributed by atoms with Crippen molar-refractivity contribution in [1.29, 1.82) is 0 Å². The van der Waals surface area contributed by atoms with Gasteiger partial charge < -0.3 is 14.5 Å². The molecule has 19 heavy (non-hydrogen) atoms. The highest BCUT2D eigenvalue weighted by Gasteiger charge is 2.10. The molecule has 0 saturated carbocycles. The van der Waals surface area contributed by atoms with E-state index in [0.29, 0.717) is 11.6 Å². The minimum absolute atomic E-state index is 0.205. The number of rotatable bonds is 3.